The van der Waals surface area contributed by atoms with Gasteiger partial charge in [-0.25, -0.2) is 9.52 Å². The number of hydrogen-bond donors (Lipinski definition) is 3. The van der Waals surface area contributed by atoms with Gasteiger partial charge in [0.05, 0.1) is 6.61 Å². The molecule has 1 fully saturated rings. The average molecular weight is 251 g/mol. The molecule has 0 aromatic rings. The third kappa shape index (κ3) is 4.77. The van der Waals surface area contributed by atoms with Crippen LogP contribution in [0.3, 0.4) is 0 Å². The third-order valence-electron chi connectivity index (χ3n) is 2.23. The van der Waals surface area contributed by atoms with Gasteiger partial charge in [0.2, 0.25) is 0 Å². The van der Waals surface area contributed by atoms with Gasteiger partial charge in [0.1, 0.15) is 0 Å². The van der Waals surface area contributed by atoms with Crippen LogP contribution in [0.4, 0.5) is 4.79 Å². The lowest BCUT2D eigenvalue weighted by atomic mass is 10.2. The summed E-state index contributed by atoms with van der Waals surface area (Å²) in [6, 6.07) is -0.196. The van der Waals surface area contributed by atoms with Crippen LogP contribution >= 0.6 is 0 Å². The van der Waals surface area contributed by atoms with Crippen molar-refractivity contribution in [1.82, 2.24) is 9.44 Å². The van der Waals surface area contributed by atoms with Crippen LogP contribution in [-0.2, 0) is 14.9 Å². The molecule has 1 unspecified atom stereocenters. The molecule has 1 rings (SSSR count). The molecule has 7 nitrogen and oxygen atoms in total. The van der Waals surface area contributed by atoms with E-state index in [2.05, 4.69) is 9.46 Å². The van der Waals surface area contributed by atoms with Crippen LogP contribution < -0.4 is 15.2 Å². The molecule has 0 heterocycles. The fourth-order valence-corrected chi connectivity index (χ4v) is 1.97. The van der Waals surface area contributed by atoms with Gasteiger partial charge in [-0.05, 0) is 25.7 Å². The van der Waals surface area contributed by atoms with E-state index in [1.165, 1.54) is 0 Å². The molecule has 0 aromatic carbocycles. The zero-order valence-corrected chi connectivity index (χ0v) is 9.92. The van der Waals surface area contributed by atoms with E-state index in [1.54, 1.807) is 11.6 Å². The van der Waals surface area contributed by atoms with Crippen LogP contribution in [0, 0.1) is 5.92 Å². The van der Waals surface area contributed by atoms with Crippen LogP contribution in [-0.4, -0.2) is 33.7 Å². The van der Waals surface area contributed by atoms with Gasteiger partial charge in [-0.3, -0.25) is 0 Å². The first-order chi connectivity index (χ1) is 7.44. The Morgan fingerprint density at radius 3 is 2.69 bits per heavy atom. The Labute approximate surface area is 94.9 Å². The highest BCUT2D eigenvalue weighted by Gasteiger charge is 2.29. The summed E-state index contributed by atoms with van der Waals surface area (Å²) in [5, 5.41) is 0. The minimum atomic E-state index is -3.86. The summed E-state index contributed by atoms with van der Waals surface area (Å²) < 4.78 is 30.9. The SMILES string of the molecule is CCOC(=O)NS(=O)(=O)NCC(N)C1CC1. The molecule has 0 bridgehead atoms. The summed E-state index contributed by atoms with van der Waals surface area (Å²) in [4.78, 5) is 10.9. The van der Waals surface area contributed by atoms with Crippen molar-refractivity contribution in [3.8, 4) is 0 Å². The highest BCUT2D eigenvalue weighted by atomic mass is 32.2. The molecule has 0 aliphatic heterocycles. The maximum Gasteiger partial charge on any atom is 0.421 e. The topological polar surface area (TPSA) is 111 Å². The number of ether oxygens (including phenoxy) is 1. The van der Waals surface area contributed by atoms with Crippen molar-refractivity contribution in [2.75, 3.05) is 13.2 Å². The largest absolute Gasteiger partial charge is 0.449 e. The summed E-state index contributed by atoms with van der Waals surface area (Å²) in [5.41, 5.74) is 5.70. The lowest BCUT2D eigenvalue weighted by Crippen LogP contribution is -2.45. The quantitative estimate of drug-likeness (QED) is 0.578. The summed E-state index contributed by atoms with van der Waals surface area (Å²) in [7, 11) is -3.86. The van der Waals surface area contributed by atoms with Gasteiger partial charge in [0, 0.05) is 12.6 Å². The lowest BCUT2D eigenvalue weighted by Gasteiger charge is -2.12. The molecule has 1 amide bonds. The molecule has 8 heteroatoms. The van der Waals surface area contributed by atoms with Crippen molar-refractivity contribution in [2.24, 2.45) is 11.7 Å². The van der Waals surface area contributed by atoms with E-state index >= 15 is 0 Å². The average Bonchev–Trinajstić information content (AvgIpc) is 2.96. The van der Waals surface area contributed by atoms with Crippen LogP contribution in [0.1, 0.15) is 19.8 Å². The molecule has 1 aliphatic carbocycles. The number of amides is 1. The minimum Gasteiger partial charge on any atom is -0.449 e. The molecule has 0 spiro atoms. The van der Waals surface area contributed by atoms with Crippen molar-refractivity contribution in [3.05, 3.63) is 0 Å². The first-order valence-corrected chi connectivity index (χ1v) is 6.62. The molecule has 1 aliphatic rings. The Morgan fingerprint density at radius 2 is 2.19 bits per heavy atom. The fraction of sp³-hybridized carbons (Fsp3) is 0.875. The molecule has 1 atom stereocenters. The Morgan fingerprint density at radius 1 is 1.56 bits per heavy atom. The normalized spacial score (nSPS) is 17.9. The Balaban J connectivity index is 2.30. The predicted molar refractivity (Wildman–Crippen MR) is 57.8 cm³/mol. The fourth-order valence-electron chi connectivity index (χ4n) is 1.20. The van der Waals surface area contributed by atoms with Crippen LogP contribution in [0.25, 0.3) is 0 Å². The molecule has 4 N–H and O–H groups in total. The van der Waals surface area contributed by atoms with Gasteiger partial charge in [0.15, 0.2) is 0 Å². The van der Waals surface area contributed by atoms with Crippen molar-refractivity contribution in [1.29, 1.82) is 0 Å². The zero-order chi connectivity index (χ0) is 12.2. The second-order valence-electron chi connectivity index (χ2n) is 3.68. The highest BCUT2D eigenvalue weighted by Crippen LogP contribution is 2.31. The first-order valence-electron chi connectivity index (χ1n) is 5.14. The number of carbonyl (C=O) groups excluding carboxylic acids is 1. The van der Waals surface area contributed by atoms with Crippen LogP contribution in [0.15, 0.2) is 0 Å². The molecule has 16 heavy (non-hydrogen) atoms. The van der Waals surface area contributed by atoms with Gasteiger partial charge in [-0.2, -0.15) is 13.1 Å². The second-order valence-corrected chi connectivity index (χ2v) is 5.18. The van der Waals surface area contributed by atoms with Gasteiger partial charge < -0.3 is 10.5 Å². The van der Waals surface area contributed by atoms with E-state index in [1.807, 2.05) is 0 Å². The smallest absolute Gasteiger partial charge is 0.421 e. The van der Waals surface area contributed by atoms with E-state index in [0.717, 1.165) is 12.8 Å². The summed E-state index contributed by atoms with van der Waals surface area (Å²) >= 11 is 0. The molecule has 0 saturated heterocycles. The highest BCUT2D eigenvalue weighted by molar-refractivity contribution is 7.88. The Hall–Kier alpha value is -0.860. The number of rotatable bonds is 6. The first kappa shape index (κ1) is 13.2. The monoisotopic (exact) mass is 251 g/mol. The van der Waals surface area contributed by atoms with E-state index in [-0.39, 0.29) is 19.2 Å². The third-order valence-corrected chi connectivity index (χ3v) is 3.21. The van der Waals surface area contributed by atoms with E-state index < -0.39 is 16.3 Å². The lowest BCUT2D eigenvalue weighted by molar-refractivity contribution is 0.158. The van der Waals surface area contributed by atoms with E-state index in [4.69, 9.17) is 5.73 Å². The molecular weight excluding hydrogens is 234 g/mol. The van der Waals surface area contributed by atoms with Gasteiger partial charge in [-0.1, -0.05) is 0 Å². The van der Waals surface area contributed by atoms with Crippen LogP contribution in [0.2, 0.25) is 0 Å². The standard InChI is InChI=1S/C8H17N3O4S/c1-2-15-8(12)11-16(13,14)10-5-7(9)6-3-4-6/h6-7,10H,2-5,9H2,1H3,(H,11,12). The minimum absolute atomic E-state index is 0.114. The summed E-state index contributed by atoms with van der Waals surface area (Å²) in [6.45, 7) is 1.82. The van der Waals surface area contributed by atoms with Gasteiger partial charge >= 0.3 is 16.3 Å². The number of carbonyl (C=O) groups is 1. The van der Waals surface area contributed by atoms with Crippen molar-refractivity contribution in [2.45, 2.75) is 25.8 Å². The zero-order valence-electron chi connectivity index (χ0n) is 9.10. The number of nitrogens with two attached hydrogens (primary N) is 1. The predicted octanol–water partition coefficient (Wildman–Crippen LogP) is -0.696. The Kier molecular flexibility index (Phi) is 4.51. The molecular formula is C8H17N3O4S. The molecule has 0 radical (unpaired) electrons. The van der Waals surface area contributed by atoms with E-state index in [9.17, 15) is 13.2 Å². The summed E-state index contributed by atoms with van der Waals surface area (Å²) in [5.74, 6) is 0.394. The summed E-state index contributed by atoms with van der Waals surface area (Å²) in [6.07, 6.45) is 1.08. The second kappa shape index (κ2) is 5.46. The molecule has 0 aromatic heterocycles. The van der Waals surface area contributed by atoms with Gasteiger partial charge in [-0.15, -0.1) is 0 Å². The van der Waals surface area contributed by atoms with E-state index in [0.29, 0.717) is 5.92 Å². The molecule has 1 saturated carbocycles. The van der Waals surface area contributed by atoms with Crippen LogP contribution in [0.5, 0.6) is 0 Å². The van der Waals surface area contributed by atoms with Gasteiger partial charge in [0.25, 0.3) is 0 Å². The number of nitrogens with one attached hydrogen (secondary N) is 2. The Bertz CT molecular complexity index is 339. The maximum absolute atomic E-state index is 11.3. The molecule has 94 valence electrons. The van der Waals surface area contributed by atoms with Crippen molar-refractivity contribution in [3.63, 3.8) is 0 Å². The van der Waals surface area contributed by atoms with Crippen molar-refractivity contribution < 1.29 is 17.9 Å². The van der Waals surface area contributed by atoms with Crippen molar-refractivity contribution >= 4 is 16.3 Å². The number of hydrogen-bond acceptors (Lipinski definition) is 5. The maximum atomic E-state index is 11.3.